The molecule has 6 nitrogen and oxygen atoms in total. The number of ketones is 1. The number of unbranched alkanes of at least 4 members (excludes halogenated alkanes) is 2. The number of anilines is 1. The van der Waals surface area contributed by atoms with Gasteiger partial charge in [-0.25, -0.2) is 4.98 Å². The van der Waals surface area contributed by atoms with Gasteiger partial charge in [-0.2, -0.15) is 0 Å². The Kier molecular flexibility index (Phi) is 6.99. The zero-order chi connectivity index (χ0) is 22.7. The number of hydrogen-bond donors (Lipinski definition) is 0. The summed E-state index contributed by atoms with van der Waals surface area (Å²) in [6, 6.07) is 9.25. The quantitative estimate of drug-likeness (QED) is 0.439. The molecule has 3 aromatic rings. The van der Waals surface area contributed by atoms with Crippen molar-refractivity contribution in [3.63, 3.8) is 0 Å². The molecule has 2 aromatic heterocycles. The van der Waals surface area contributed by atoms with E-state index in [1.807, 2.05) is 37.4 Å². The standard InChI is InChI=1S/C25H31ClN4O2/c1-3-5-6-13-29-23(28-14-11-19(12-15-28)22(31)4-2)16-24(32)30-17-21(27-25(29)30)18-7-9-20(26)10-8-18/h7-10,16-17,19H,3-6,11-15H2,1-2H3. The number of aryl methyl sites for hydroxylation is 1. The van der Waals surface area contributed by atoms with Crippen LogP contribution in [-0.2, 0) is 11.3 Å². The number of rotatable bonds is 8. The van der Waals surface area contributed by atoms with Gasteiger partial charge in [0.15, 0.2) is 0 Å². The van der Waals surface area contributed by atoms with Crippen LogP contribution in [0.25, 0.3) is 17.0 Å². The van der Waals surface area contributed by atoms with Crippen molar-refractivity contribution in [3.8, 4) is 11.3 Å². The Hall–Kier alpha value is -2.60. The second-order valence-electron chi connectivity index (χ2n) is 8.58. The van der Waals surface area contributed by atoms with Gasteiger partial charge in [0.25, 0.3) is 5.56 Å². The van der Waals surface area contributed by atoms with Gasteiger partial charge < -0.3 is 4.90 Å². The molecule has 4 rings (SSSR count). The van der Waals surface area contributed by atoms with Crippen molar-refractivity contribution in [1.29, 1.82) is 0 Å². The number of halogens is 1. The van der Waals surface area contributed by atoms with Gasteiger partial charge in [0, 0.05) is 54.8 Å². The minimum absolute atomic E-state index is 0.0822. The Balaban J connectivity index is 1.73. The summed E-state index contributed by atoms with van der Waals surface area (Å²) in [6.45, 7) is 6.49. The van der Waals surface area contributed by atoms with E-state index in [2.05, 4.69) is 16.4 Å². The van der Waals surface area contributed by atoms with E-state index in [1.165, 1.54) is 0 Å². The molecule has 1 fully saturated rings. The number of carbonyl (C=O) groups is 1. The minimum Gasteiger partial charge on any atom is -0.358 e. The van der Waals surface area contributed by atoms with Crippen LogP contribution in [0.5, 0.6) is 0 Å². The highest BCUT2D eigenvalue weighted by molar-refractivity contribution is 6.30. The molecule has 0 amide bonds. The first-order valence-corrected chi connectivity index (χ1v) is 12.1. The van der Waals surface area contributed by atoms with Gasteiger partial charge in [0.05, 0.1) is 5.69 Å². The lowest BCUT2D eigenvalue weighted by molar-refractivity contribution is -0.123. The molecule has 0 N–H and O–H groups in total. The zero-order valence-corrected chi connectivity index (χ0v) is 19.6. The Morgan fingerprint density at radius 3 is 2.50 bits per heavy atom. The third kappa shape index (κ3) is 4.60. The number of carbonyl (C=O) groups excluding carboxylic acids is 1. The van der Waals surface area contributed by atoms with E-state index in [-0.39, 0.29) is 11.5 Å². The van der Waals surface area contributed by atoms with Gasteiger partial charge in [0.2, 0.25) is 5.78 Å². The van der Waals surface area contributed by atoms with Crippen molar-refractivity contribution < 1.29 is 4.79 Å². The van der Waals surface area contributed by atoms with E-state index in [0.29, 0.717) is 23.0 Å². The summed E-state index contributed by atoms with van der Waals surface area (Å²) in [5, 5.41) is 0.670. The lowest BCUT2D eigenvalue weighted by atomic mass is 9.91. The zero-order valence-electron chi connectivity index (χ0n) is 18.9. The SMILES string of the molecule is CCCCCn1c(N2CCC(C(=O)CC)CC2)cc(=O)n2cc(-c3ccc(Cl)cc3)nc12. The third-order valence-corrected chi connectivity index (χ3v) is 6.70. The van der Waals surface area contributed by atoms with Crippen molar-refractivity contribution in [2.24, 2.45) is 5.92 Å². The molecule has 0 atom stereocenters. The van der Waals surface area contributed by atoms with Crippen LogP contribution in [-0.4, -0.2) is 32.8 Å². The molecule has 0 bridgehead atoms. The van der Waals surface area contributed by atoms with Crippen molar-refractivity contribution >= 4 is 29.0 Å². The summed E-state index contributed by atoms with van der Waals surface area (Å²) >= 11 is 6.04. The molecule has 32 heavy (non-hydrogen) atoms. The van der Waals surface area contributed by atoms with Gasteiger partial charge in [-0.1, -0.05) is 50.4 Å². The average Bonchev–Trinajstić information content (AvgIpc) is 3.27. The van der Waals surface area contributed by atoms with Crippen LogP contribution in [0.2, 0.25) is 5.02 Å². The fourth-order valence-electron chi connectivity index (χ4n) is 4.56. The maximum atomic E-state index is 13.0. The highest BCUT2D eigenvalue weighted by Crippen LogP contribution is 2.27. The van der Waals surface area contributed by atoms with Gasteiger partial charge in [0.1, 0.15) is 11.6 Å². The van der Waals surface area contributed by atoms with E-state index in [4.69, 9.17) is 16.6 Å². The summed E-state index contributed by atoms with van der Waals surface area (Å²) in [5.41, 5.74) is 1.60. The largest absolute Gasteiger partial charge is 0.358 e. The summed E-state index contributed by atoms with van der Waals surface area (Å²) in [5.74, 6) is 2.07. The lowest BCUT2D eigenvalue weighted by Gasteiger charge is -2.34. The van der Waals surface area contributed by atoms with E-state index >= 15 is 0 Å². The molecule has 3 heterocycles. The molecule has 0 spiro atoms. The van der Waals surface area contributed by atoms with E-state index < -0.39 is 0 Å². The van der Waals surface area contributed by atoms with Crippen LogP contribution >= 0.6 is 11.6 Å². The molecule has 170 valence electrons. The van der Waals surface area contributed by atoms with E-state index in [1.54, 1.807) is 10.5 Å². The van der Waals surface area contributed by atoms with Crippen molar-refractivity contribution in [1.82, 2.24) is 14.0 Å². The van der Waals surface area contributed by atoms with Gasteiger partial charge >= 0.3 is 0 Å². The first kappa shape index (κ1) is 22.6. The van der Waals surface area contributed by atoms with Crippen LogP contribution in [0.15, 0.2) is 41.3 Å². The van der Waals surface area contributed by atoms with Gasteiger partial charge in [-0.15, -0.1) is 0 Å². The molecular formula is C25H31ClN4O2. The monoisotopic (exact) mass is 454 g/mol. The molecule has 0 saturated carbocycles. The maximum absolute atomic E-state index is 13.0. The van der Waals surface area contributed by atoms with Gasteiger partial charge in [-0.3, -0.25) is 18.6 Å². The maximum Gasteiger partial charge on any atom is 0.261 e. The first-order valence-electron chi connectivity index (χ1n) is 11.7. The Morgan fingerprint density at radius 2 is 1.84 bits per heavy atom. The highest BCUT2D eigenvalue weighted by Gasteiger charge is 2.26. The molecule has 1 aliphatic heterocycles. The lowest BCUT2D eigenvalue weighted by Crippen LogP contribution is -2.39. The summed E-state index contributed by atoms with van der Waals surface area (Å²) in [7, 11) is 0. The van der Waals surface area contributed by atoms with Crippen molar-refractivity contribution in [2.45, 2.75) is 58.9 Å². The number of benzene rings is 1. The van der Waals surface area contributed by atoms with Crippen LogP contribution < -0.4 is 10.5 Å². The summed E-state index contributed by atoms with van der Waals surface area (Å²) in [4.78, 5) is 32.3. The Morgan fingerprint density at radius 1 is 1.12 bits per heavy atom. The normalized spacial score (nSPS) is 14.9. The highest BCUT2D eigenvalue weighted by atomic mass is 35.5. The number of hydrogen-bond acceptors (Lipinski definition) is 4. The molecule has 7 heteroatoms. The van der Waals surface area contributed by atoms with Crippen molar-refractivity contribution in [3.05, 3.63) is 51.9 Å². The predicted octanol–water partition coefficient (Wildman–Crippen LogP) is 5.20. The molecule has 1 saturated heterocycles. The second kappa shape index (κ2) is 9.90. The van der Waals surface area contributed by atoms with Gasteiger partial charge in [-0.05, 0) is 31.4 Å². The number of imidazole rings is 1. The summed E-state index contributed by atoms with van der Waals surface area (Å²) in [6.07, 6.45) is 7.36. The molecule has 1 aliphatic rings. The second-order valence-corrected chi connectivity index (χ2v) is 9.02. The Bertz CT molecular complexity index is 1140. The predicted molar refractivity (Wildman–Crippen MR) is 130 cm³/mol. The van der Waals surface area contributed by atoms with Crippen LogP contribution in [0.4, 0.5) is 5.82 Å². The fraction of sp³-hybridized carbons (Fsp3) is 0.480. The van der Waals surface area contributed by atoms with Crippen LogP contribution in [0.3, 0.4) is 0 Å². The minimum atomic E-state index is -0.0822. The average molecular weight is 455 g/mol. The Labute approximate surface area is 193 Å². The molecular weight excluding hydrogens is 424 g/mol. The fourth-order valence-corrected chi connectivity index (χ4v) is 4.68. The molecule has 0 aliphatic carbocycles. The van der Waals surface area contributed by atoms with Crippen molar-refractivity contribution in [2.75, 3.05) is 18.0 Å². The number of aromatic nitrogens is 3. The number of piperidine rings is 1. The smallest absolute Gasteiger partial charge is 0.261 e. The third-order valence-electron chi connectivity index (χ3n) is 6.44. The number of fused-ring (bicyclic) bond motifs is 1. The van der Waals surface area contributed by atoms with Crippen LogP contribution in [0.1, 0.15) is 52.4 Å². The summed E-state index contributed by atoms with van der Waals surface area (Å²) < 4.78 is 3.82. The van der Waals surface area contributed by atoms with E-state index in [0.717, 1.165) is 68.8 Å². The van der Waals surface area contributed by atoms with E-state index in [9.17, 15) is 9.59 Å². The molecule has 0 radical (unpaired) electrons. The topological polar surface area (TPSA) is 59.6 Å². The van der Waals surface area contributed by atoms with Crippen LogP contribution in [0, 0.1) is 5.92 Å². The molecule has 0 unspecified atom stereocenters. The first-order chi connectivity index (χ1) is 15.5. The number of Topliss-reactive ketones (excluding diaryl/α,β-unsaturated/α-hetero) is 1. The number of nitrogens with zero attached hydrogens (tertiary/aromatic N) is 4. The molecule has 1 aromatic carbocycles.